The third-order valence-electron chi connectivity index (χ3n) is 6.28. The van der Waals surface area contributed by atoms with E-state index in [0.717, 1.165) is 46.7 Å². The van der Waals surface area contributed by atoms with Gasteiger partial charge in [0.1, 0.15) is 23.4 Å². The van der Waals surface area contributed by atoms with Crippen molar-refractivity contribution < 1.29 is 4.74 Å². The fraction of sp³-hybridized carbons (Fsp3) is 0.357. The van der Waals surface area contributed by atoms with Gasteiger partial charge in [-0.25, -0.2) is 4.99 Å². The lowest BCUT2D eigenvalue weighted by Crippen LogP contribution is -2.26. The number of hydrogen-bond donors (Lipinski definition) is 0. The zero-order valence-corrected chi connectivity index (χ0v) is 20.1. The normalized spacial score (nSPS) is 16.0. The van der Waals surface area contributed by atoms with Gasteiger partial charge in [-0.3, -0.25) is 0 Å². The molecule has 32 heavy (non-hydrogen) atoms. The molecular weight excluding hydrogens is 412 g/mol. The third kappa shape index (κ3) is 5.11. The van der Waals surface area contributed by atoms with E-state index in [-0.39, 0.29) is 0 Å². The van der Waals surface area contributed by atoms with Crippen LogP contribution < -0.4 is 4.74 Å². The molecule has 4 heteroatoms. The van der Waals surface area contributed by atoms with Gasteiger partial charge >= 0.3 is 0 Å². The summed E-state index contributed by atoms with van der Waals surface area (Å²) in [6.45, 7) is 9.58. The largest absolute Gasteiger partial charge is 0.489 e. The summed E-state index contributed by atoms with van der Waals surface area (Å²) >= 11 is 1.69. The van der Waals surface area contributed by atoms with Gasteiger partial charge < -0.3 is 4.74 Å². The van der Waals surface area contributed by atoms with E-state index < -0.39 is 0 Å². The molecule has 1 atom stereocenters. The average molecular weight is 443 g/mol. The van der Waals surface area contributed by atoms with Crippen LogP contribution in [-0.4, -0.2) is 6.21 Å². The molecule has 0 spiro atoms. The summed E-state index contributed by atoms with van der Waals surface area (Å²) < 4.78 is 5.91. The number of nitriles is 1. The lowest BCUT2D eigenvalue weighted by molar-refractivity contribution is 0.218. The van der Waals surface area contributed by atoms with E-state index in [9.17, 15) is 5.26 Å². The highest BCUT2D eigenvalue weighted by molar-refractivity contribution is 7.16. The van der Waals surface area contributed by atoms with Crippen LogP contribution in [0.3, 0.4) is 0 Å². The Morgan fingerprint density at radius 3 is 2.66 bits per heavy atom. The van der Waals surface area contributed by atoms with Crippen LogP contribution in [0.15, 0.2) is 53.5 Å². The Balaban J connectivity index is 1.44. The number of ether oxygens (including phenoxy) is 1. The fourth-order valence-electron chi connectivity index (χ4n) is 4.27. The first-order valence-corrected chi connectivity index (χ1v) is 12.0. The predicted octanol–water partition coefficient (Wildman–Crippen LogP) is 7.41. The van der Waals surface area contributed by atoms with Crippen LogP contribution in [-0.2, 0) is 19.4 Å². The average Bonchev–Trinajstić information content (AvgIpc) is 3.13. The van der Waals surface area contributed by atoms with Crippen molar-refractivity contribution in [3.8, 4) is 11.8 Å². The summed E-state index contributed by atoms with van der Waals surface area (Å²) in [7, 11) is 0. The monoisotopic (exact) mass is 442 g/mol. The number of benzene rings is 2. The molecule has 0 radical (unpaired) electrons. The Morgan fingerprint density at radius 1 is 1.19 bits per heavy atom. The van der Waals surface area contributed by atoms with Gasteiger partial charge in [-0.2, -0.15) is 5.26 Å². The van der Waals surface area contributed by atoms with Gasteiger partial charge in [-0.1, -0.05) is 50.6 Å². The van der Waals surface area contributed by atoms with Gasteiger partial charge in [0.05, 0.1) is 5.56 Å². The minimum atomic E-state index is 0.293. The van der Waals surface area contributed by atoms with Gasteiger partial charge in [0.15, 0.2) is 0 Å². The molecule has 0 amide bonds. The molecule has 164 valence electrons. The lowest BCUT2D eigenvalue weighted by Gasteiger charge is -2.33. The number of rotatable bonds is 5. The molecule has 0 saturated heterocycles. The molecule has 0 unspecified atom stereocenters. The number of fused-ring (bicyclic) bond motifs is 1. The molecule has 1 aliphatic rings. The van der Waals surface area contributed by atoms with Crippen molar-refractivity contribution in [1.82, 2.24) is 0 Å². The minimum Gasteiger partial charge on any atom is -0.489 e. The van der Waals surface area contributed by atoms with E-state index in [4.69, 9.17) is 9.73 Å². The van der Waals surface area contributed by atoms with Crippen molar-refractivity contribution in [2.24, 2.45) is 16.3 Å². The smallest absolute Gasteiger partial charge is 0.134 e. The highest BCUT2D eigenvalue weighted by Gasteiger charge is 2.32. The topological polar surface area (TPSA) is 45.4 Å². The summed E-state index contributed by atoms with van der Waals surface area (Å²) in [5.41, 5.74) is 5.68. The molecule has 3 aromatic rings. The molecule has 0 N–H and O–H groups in total. The molecule has 1 aliphatic carbocycles. The number of aliphatic imine (C=N–C) groups is 1. The van der Waals surface area contributed by atoms with E-state index in [1.807, 2.05) is 30.5 Å². The van der Waals surface area contributed by atoms with Crippen molar-refractivity contribution in [3.63, 3.8) is 0 Å². The lowest BCUT2D eigenvalue weighted by atomic mass is 9.72. The summed E-state index contributed by atoms with van der Waals surface area (Å²) in [4.78, 5) is 6.05. The molecule has 4 rings (SSSR count). The molecule has 3 nitrogen and oxygen atoms in total. The molecule has 0 saturated carbocycles. The standard InChI is InChI=1S/C28H30N2OS/c1-19-6-5-7-21(14-19)18-31-23-11-8-20(9-12-23)17-30-27-25(16-29)24-13-10-22(28(2,3)4)15-26(24)32-27/h5-9,11-12,14,17,22H,10,13,15,18H2,1-4H3/t22-/m0/s1. The third-order valence-corrected chi connectivity index (χ3v) is 7.44. The van der Waals surface area contributed by atoms with Gasteiger partial charge in [-0.15, -0.1) is 11.3 Å². The van der Waals surface area contributed by atoms with E-state index in [0.29, 0.717) is 17.9 Å². The summed E-state index contributed by atoms with van der Waals surface area (Å²) in [5, 5.41) is 10.6. The number of aryl methyl sites for hydroxylation is 1. The summed E-state index contributed by atoms with van der Waals surface area (Å²) in [6.07, 6.45) is 5.04. The predicted molar refractivity (Wildman–Crippen MR) is 133 cm³/mol. The minimum absolute atomic E-state index is 0.293. The van der Waals surface area contributed by atoms with Crippen LogP contribution in [0.1, 0.15) is 59.9 Å². The first-order valence-electron chi connectivity index (χ1n) is 11.2. The van der Waals surface area contributed by atoms with Crippen LogP contribution in [0, 0.1) is 29.6 Å². The Labute approximate surface area is 195 Å². The summed E-state index contributed by atoms with van der Waals surface area (Å²) in [6, 6.07) is 18.7. The Morgan fingerprint density at radius 2 is 1.97 bits per heavy atom. The van der Waals surface area contributed by atoms with Crippen LogP contribution >= 0.6 is 11.3 Å². The van der Waals surface area contributed by atoms with Crippen LogP contribution in [0.25, 0.3) is 0 Å². The second kappa shape index (κ2) is 9.30. The maximum absolute atomic E-state index is 9.76. The molecule has 0 fully saturated rings. The van der Waals surface area contributed by atoms with Crippen molar-refractivity contribution in [1.29, 1.82) is 5.26 Å². The molecule has 1 heterocycles. The van der Waals surface area contributed by atoms with E-state index in [2.05, 4.69) is 58.0 Å². The Bertz CT molecular complexity index is 1160. The number of hydrogen-bond acceptors (Lipinski definition) is 4. The van der Waals surface area contributed by atoms with Gasteiger partial charge in [-0.05, 0) is 78.5 Å². The van der Waals surface area contributed by atoms with Gasteiger partial charge in [0, 0.05) is 11.1 Å². The molecule has 0 aliphatic heterocycles. The van der Waals surface area contributed by atoms with Crippen LogP contribution in [0.2, 0.25) is 0 Å². The maximum atomic E-state index is 9.76. The highest BCUT2D eigenvalue weighted by atomic mass is 32.1. The zero-order chi connectivity index (χ0) is 22.7. The second-order valence-corrected chi connectivity index (χ2v) is 10.8. The quantitative estimate of drug-likeness (QED) is 0.386. The highest BCUT2D eigenvalue weighted by Crippen LogP contribution is 2.44. The van der Waals surface area contributed by atoms with Gasteiger partial charge in [0.2, 0.25) is 0 Å². The molecule has 0 bridgehead atoms. The molecule has 1 aromatic heterocycles. The molecular formula is C28H30N2OS. The Hall–Kier alpha value is -2.90. The van der Waals surface area contributed by atoms with E-state index in [1.54, 1.807) is 11.3 Å². The fourth-order valence-corrected chi connectivity index (χ4v) is 5.49. The second-order valence-electron chi connectivity index (χ2n) is 9.71. The zero-order valence-electron chi connectivity index (χ0n) is 19.3. The van der Waals surface area contributed by atoms with E-state index in [1.165, 1.54) is 16.0 Å². The SMILES string of the molecule is Cc1cccc(COc2ccc(C=Nc3sc4c(c3C#N)CC[C@H](C(C)(C)C)C4)cc2)c1. The van der Waals surface area contributed by atoms with Crippen LogP contribution in [0.5, 0.6) is 5.75 Å². The number of thiophene rings is 1. The van der Waals surface area contributed by atoms with E-state index >= 15 is 0 Å². The van der Waals surface area contributed by atoms with Gasteiger partial charge in [0.25, 0.3) is 0 Å². The first kappa shape index (κ1) is 22.3. The van der Waals surface area contributed by atoms with Crippen LogP contribution in [0.4, 0.5) is 5.00 Å². The number of nitrogens with zero attached hydrogens (tertiary/aromatic N) is 2. The van der Waals surface area contributed by atoms with Crippen molar-refractivity contribution in [2.45, 2.75) is 53.6 Å². The van der Waals surface area contributed by atoms with Crippen molar-refractivity contribution in [3.05, 3.63) is 81.2 Å². The Kier molecular flexibility index (Phi) is 6.48. The maximum Gasteiger partial charge on any atom is 0.134 e. The van der Waals surface area contributed by atoms with Crippen molar-refractivity contribution in [2.75, 3.05) is 0 Å². The summed E-state index contributed by atoms with van der Waals surface area (Å²) in [5.74, 6) is 1.49. The first-order chi connectivity index (χ1) is 15.3. The molecule has 2 aromatic carbocycles. The van der Waals surface area contributed by atoms with Crippen molar-refractivity contribution >= 4 is 22.6 Å².